The normalized spacial score (nSPS) is 10.3. The van der Waals surface area contributed by atoms with Gasteiger partial charge < -0.3 is 10.4 Å². The summed E-state index contributed by atoms with van der Waals surface area (Å²) in [5.74, 6) is -2.74. The van der Waals surface area contributed by atoms with Gasteiger partial charge in [0.1, 0.15) is 5.82 Å². The maximum atomic E-state index is 13.1. The molecule has 1 heterocycles. The van der Waals surface area contributed by atoms with Crippen LogP contribution in [0.5, 0.6) is 0 Å². The second-order valence-corrected chi connectivity index (χ2v) is 4.14. The van der Waals surface area contributed by atoms with Gasteiger partial charge in [-0.2, -0.15) is 0 Å². The molecule has 0 saturated heterocycles. The minimum absolute atomic E-state index is 0.0851. The fourth-order valence-corrected chi connectivity index (χ4v) is 1.68. The molecule has 0 aliphatic rings. The maximum absolute atomic E-state index is 13.1. The Balaban J connectivity index is 2.34. The number of aryl methyl sites for hydroxylation is 1. The predicted molar refractivity (Wildman–Crippen MR) is 70.2 cm³/mol. The molecule has 0 saturated carbocycles. The summed E-state index contributed by atoms with van der Waals surface area (Å²) in [6.07, 6.45) is 0.563. The molecule has 1 aromatic heterocycles. The zero-order valence-electron chi connectivity index (χ0n) is 10.7. The van der Waals surface area contributed by atoms with Crippen LogP contribution < -0.4 is 5.32 Å². The van der Waals surface area contributed by atoms with Crippen molar-refractivity contribution in [2.75, 3.05) is 5.32 Å². The van der Waals surface area contributed by atoms with Gasteiger partial charge in [-0.05, 0) is 30.7 Å². The summed E-state index contributed by atoms with van der Waals surface area (Å²) in [6.45, 7) is 1.84. The summed E-state index contributed by atoms with van der Waals surface area (Å²) >= 11 is 0. The lowest BCUT2D eigenvalue weighted by Gasteiger charge is -2.09. The third-order valence-corrected chi connectivity index (χ3v) is 2.68. The number of aromatic nitrogens is 1. The fraction of sp³-hybridized carbons (Fsp3) is 0.143. The number of carboxylic acids is 1. The highest BCUT2D eigenvalue weighted by Gasteiger charge is 2.09. The molecular formula is C14H12F2N2O2. The van der Waals surface area contributed by atoms with Gasteiger partial charge in [0.2, 0.25) is 0 Å². The first-order valence-corrected chi connectivity index (χ1v) is 5.96. The molecule has 6 heteroatoms. The molecule has 104 valence electrons. The number of nitrogens with zero attached hydrogens (tertiary/aromatic N) is 1. The molecule has 20 heavy (non-hydrogen) atoms. The number of pyridine rings is 1. The molecule has 2 aromatic rings. The minimum atomic E-state index is -1.07. The molecule has 2 rings (SSSR count). The van der Waals surface area contributed by atoms with Gasteiger partial charge in [0.25, 0.3) is 0 Å². The summed E-state index contributed by atoms with van der Waals surface area (Å²) in [6, 6.07) is 6.12. The van der Waals surface area contributed by atoms with Gasteiger partial charge in [0.05, 0.1) is 5.56 Å². The molecule has 4 nitrogen and oxygen atoms in total. The lowest BCUT2D eigenvalue weighted by Crippen LogP contribution is -2.03. The van der Waals surface area contributed by atoms with E-state index in [4.69, 9.17) is 5.11 Å². The number of benzene rings is 1. The van der Waals surface area contributed by atoms with Crippen molar-refractivity contribution in [3.05, 3.63) is 53.2 Å². The van der Waals surface area contributed by atoms with E-state index in [-0.39, 0.29) is 11.4 Å². The second kappa shape index (κ2) is 5.64. The predicted octanol–water partition coefficient (Wildman–Crippen LogP) is 3.36. The highest BCUT2D eigenvalue weighted by Crippen LogP contribution is 2.19. The number of hydrogen-bond donors (Lipinski definition) is 2. The van der Waals surface area contributed by atoms with E-state index in [1.54, 1.807) is 0 Å². The minimum Gasteiger partial charge on any atom is -0.478 e. The smallest absolute Gasteiger partial charge is 0.335 e. The van der Waals surface area contributed by atoms with Crippen LogP contribution in [0, 0.1) is 11.6 Å². The van der Waals surface area contributed by atoms with E-state index < -0.39 is 17.6 Å². The molecule has 0 amide bonds. The zero-order valence-corrected chi connectivity index (χ0v) is 10.7. The fourth-order valence-electron chi connectivity index (χ4n) is 1.68. The van der Waals surface area contributed by atoms with E-state index in [0.717, 1.165) is 12.1 Å². The first kappa shape index (κ1) is 13.9. The number of carbonyl (C=O) groups is 1. The van der Waals surface area contributed by atoms with E-state index in [1.807, 2.05) is 6.92 Å². The van der Waals surface area contributed by atoms with Crippen LogP contribution in [-0.2, 0) is 6.42 Å². The molecule has 0 aliphatic carbocycles. The molecule has 0 fully saturated rings. The summed E-state index contributed by atoms with van der Waals surface area (Å²) < 4.78 is 25.9. The van der Waals surface area contributed by atoms with Crippen LogP contribution in [0.4, 0.5) is 20.3 Å². The largest absolute Gasteiger partial charge is 0.478 e. The van der Waals surface area contributed by atoms with Crippen LogP contribution in [0.1, 0.15) is 23.0 Å². The number of anilines is 2. The molecule has 0 bridgehead atoms. The zero-order chi connectivity index (χ0) is 14.7. The second-order valence-electron chi connectivity index (χ2n) is 4.14. The average molecular weight is 278 g/mol. The number of halogens is 2. The summed E-state index contributed by atoms with van der Waals surface area (Å²) in [7, 11) is 0. The van der Waals surface area contributed by atoms with E-state index in [2.05, 4.69) is 10.3 Å². The Morgan fingerprint density at radius 3 is 2.60 bits per heavy atom. The highest BCUT2D eigenvalue weighted by atomic mass is 19.2. The molecule has 0 unspecified atom stereocenters. The van der Waals surface area contributed by atoms with Gasteiger partial charge in [0.15, 0.2) is 11.6 Å². The molecule has 2 N–H and O–H groups in total. The Morgan fingerprint density at radius 1 is 1.25 bits per heavy atom. The van der Waals surface area contributed by atoms with E-state index in [9.17, 15) is 13.6 Å². The average Bonchev–Trinajstić information content (AvgIpc) is 2.42. The Bertz CT molecular complexity index is 660. The summed E-state index contributed by atoms with van der Waals surface area (Å²) in [4.78, 5) is 15.2. The first-order chi connectivity index (χ1) is 9.49. The number of nitrogens with one attached hydrogen (secondary N) is 1. The maximum Gasteiger partial charge on any atom is 0.335 e. The van der Waals surface area contributed by atoms with Gasteiger partial charge >= 0.3 is 5.97 Å². The van der Waals surface area contributed by atoms with Crippen molar-refractivity contribution in [3.8, 4) is 0 Å². The van der Waals surface area contributed by atoms with E-state index >= 15 is 0 Å². The van der Waals surface area contributed by atoms with E-state index in [0.29, 0.717) is 17.8 Å². The van der Waals surface area contributed by atoms with Gasteiger partial charge in [-0.15, -0.1) is 0 Å². The number of rotatable bonds is 4. The van der Waals surface area contributed by atoms with Gasteiger partial charge in [-0.1, -0.05) is 6.92 Å². The summed E-state index contributed by atoms with van der Waals surface area (Å²) in [5, 5.41) is 11.8. The Kier molecular flexibility index (Phi) is 3.93. The Hall–Kier alpha value is -2.50. The molecule has 1 aromatic carbocycles. The van der Waals surface area contributed by atoms with Crippen LogP contribution in [-0.4, -0.2) is 16.1 Å². The van der Waals surface area contributed by atoms with Crippen molar-refractivity contribution in [1.82, 2.24) is 4.98 Å². The van der Waals surface area contributed by atoms with Gasteiger partial charge in [0, 0.05) is 17.4 Å². The van der Waals surface area contributed by atoms with E-state index in [1.165, 1.54) is 18.2 Å². The van der Waals surface area contributed by atoms with Crippen LogP contribution in [0.15, 0.2) is 30.3 Å². The lowest BCUT2D eigenvalue weighted by molar-refractivity contribution is 0.0696. The van der Waals surface area contributed by atoms with Gasteiger partial charge in [-0.25, -0.2) is 18.6 Å². The van der Waals surface area contributed by atoms with Crippen LogP contribution in [0.2, 0.25) is 0 Å². The highest BCUT2D eigenvalue weighted by molar-refractivity contribution is 5.88. The van der Waals surface area contributed by atoms with Crippen molar-refractivity contribution in [3.63, 3.8) is 0 Å². The molecular weight excluding hydrogens is 266 g/mol. The van der Waals surface area contributed by atoms with Gasteiger partial charge in [-0.3, -0.25) is 0 Å². The van der Waals surface area contributed by atoms with Crippen LogP contribution in [0.3, 0.4) is 0 Å². The van der Waals surface area contributed by atoms with Crippen molar-refractivity contribution >= 4 is 17.5 Å². The molecule has 0 radical (unpaired) electrons. The molecule has 0 atom stereocenters. The SMILES string of the molecule is CCc1cc(C(=O)O)cc(Nc2ccc(F)c(F)c2)n1. The molecule has 0 spiro atoms. The van der Waals surface area contributed by atoms with Crippen molar-refractivity contribution in [2.45, 2.75) is 13.3 Å². The third-order valence-electron chi connectivity index (χ3n) is 2.68. The number of hydrogen-bond acceptors (Lipinski definition) is 3. The quantitative estimate of drug-likeness (QED) is 0.900. The first-order valence-electron chi connectivity index (χ1n) is 5.96. The Labute approximate surface area is 114 Å². The third kappa shape index (κ3) is 3.09. The van der Waals surface area contributed by atoms with Crippen molar-refractivity contribution < 1.29 is 18.7 Å². The van der Waals surface area contributed by atoms with Crippen molar-refractivity contribution in [2.24, 2.45) is 0 Å². The molecule has 0 aliphatic heterocycles. The standard InChI is InChI=1S/C14H12F2N2O2/c1-2-9-5-8(14(19)20)6-13(17-9)18-10-3-4-11(15)12(16)7-10/h3-7H,2H2,1H3,(H,17,18)(H,19,20). The topological polar surface area (TPSA) is 62.2 Å². The Morgan fingerprint density at radius 2 is 2.00 bits per heavy atom. The summed E-state index contributed by atoms with van der Waals surface area (Å²) in [5.41, 5.74) is 0.970. The number of aromatic carboxylic acids is 1. The lowest BCUT2D eigenvalue weighted by atomic mass is 10.2. The van der Waals surface area contributed by atoms with Crippen LogP contribution >= 0.6 is 0 Å². The monoisotopic (exact) mass is 278 g/mol. The number of carboxylic acid groups (broad SMARTS) is 1. The van der Waals surface area contributed by atoms with Crippen molar-refractivity contribution in [1.29, 1.82) is 0 Å². The van der Waals surface area contributed by atoms with Crippen LogP contribution in [0.25, 0.3) is 0 Å².